The Morgan fingerprint density at radius 1 is 1.25 bits per heavy atom. The van der Waals surface area contributed by atoms with Crippen LogP contribution in [0, 0.1) is 0 Å². The zero-order valence-electron chi connectivity index (χ0n) is 8.47. The van der Waals surface area contributed by atoms with Gasteiger partial charge in [0.25, 0.3) is 0 Å². The number of pyridine rings is 1. The van der Waals surface area contributed by atoms with E-state index in [0.29, 0.717) is 16.4 Å². The van der Waals surface area contributed by atoms with Crippen molar-refractivity contribution < 1.29 is 0 Å². The number of rotatable bonds is 2. The van der Waals surface area contributed by atoms with Gasteiger partial charge in [-0.25, -0.2) is 0 Å². The van der Waals surface area contributed by atoms with Gasteiger partial charge in [-0.2, -0.15) is 0 Å². The smallest absolute Gasteiger partial charge is 0.104 e. The largest absolute Gasteiger partial charge is 0.397 e. The Morgan fingerprint density at radius 2 is 2.06 bits per heavy atom. The van der Waals surface area contributed by atoms with E-state index in [9.17, 15) is 0 Å². The van der Waals surface area contributed by atoms with Gasteiger partial charge < -0.3 is 5.73 Å². The lowest BCUT2D eigenvalue weighted by Crippen LogP contribution is -1.87. The van der Waals surface area contributed by atoms with E-state index in [1.165, 1.54) is 0 Å². The molecule has 0 unspecified atom stereocenters. The molecule has 0 saturated carbocycles. The van der Waals surface area contributed by atoms with Gasteiger partial charge >= 0.3 is 0 Å². The molecular weight excluding hydrogens is 222 g/mol. The van der Waals surface area contributed by atoms with Crippen molar-refractivity contribution in [1.82, 2.24) is 4.98 Å². The number of nitrogen functional groups attached to an aromatic ring is 1. The van der Waals surface area contributed by atoms with Crippen LogP contribution in [0.2, 0.25) is 5.02 Å². The Hall–Kier alpha value is -1.87. The molecular formula is C12H10ClN3. The summed E-state index contributed by atoms with van der Waals surface area (Å²) in [5, 5.41) is 0.661. The lowest BCUT2D eigenvalue weighted by atomic mass is 10.2. The second kappa shape index (κ2) is 4.77. The SMILES string of the molecule is Nc1ccncc1N=Cc1ccccc1Cl. The van der Waals surface area contributed by atoms with Crippen LogP contribution in [0.25, 0.3) is 0 Å². The van der Waals surface area contributed by atoms with Crippen LogP contribution < -0.4 is 5.73 Å². The molecule has 0 saturated heterocycles. The van der Waals surface area contributed by atoms with Crippen molar-refractivity contribution in [1.29, 1.82) is 0 Å². The molecule has 0 atom stereocenters. The van der Waals surface area contributed by atoms with E-state index < -0.39 is 0 Å². The minimum Gasteiger partial charge on any atom is -0.397 e. The summed E-state index contributed by atoms with van der Waals surface area (Å²) in [6.45, 7) is 0. The molecule has 0 fully saturated rings. The van der Waals surface area contributed by atoms with Crippen molar-refractivity contribution in [2.24, 2.45) is 4.99 Å². The summed E-state index contributed by atoms with van der Waals surface area (Å²) in [7, 11) is 0. The van der Waals surface area contributed by atoms with E-state index in [4.69, 9.17) is 17.3 Å². The van der Waals surface area contributed by atoms with E-state index in [1.54, 1.807) is 24.7 Å². The third-order valence-electron chi connectivity index (χ3n) is 2.08. The van der Waals surface area contributed by atoms with Gasteiger partial charge in [-0.15, -0.1) is 0 Å². The molecule has 0 bridgehead atoms. The highest BCUT2D eigenvalue weighted by molar-refractivity contribution is 6.33. The van der Waals surface area contributed by atoms with Gasteiger partial charge in [0.1, 0.15) is 5.69 Å². The number of aliphatic imine (C=N–C) groups is 1. The highest BCUT2D eigenvalue weighted by Gasteiger charge is 1.96. The normalized spacial score (nSPS) is 10.8. The summed E-state index contributed by atoms with van der Waals surface area (Å²) < 4.78 is 0. The van der Waals surface area contributed by atoms with Crippen molar-refractivity contribution in [3.8, 4) is 0 Å². The van der Waals surface area contributed by atoms with E-state index in [2.05, 4.69) is 9.98 Å². The number of benzene rings is 1. The Labute approximate surface area is 98.6 Å². The molecule has 0 spiro atoms. The minimum absolute atomic E-state index is 0.596. The summed E-state index contributed by atoms with van der Waals surface area (Å²) in [6, 6.07) is 9.19. The lowest BCUT2D eigenvalue weighted by Gasteiger charge is -1.98. The molecule has 2 aromatic rings. The first kappa shape index (κ1) is 10.6. The maximum Gasteiger partial charge on any atom is 0.104 e. The Balaban J connectivity index is 2.29. The predicted molar refractivity (Wildman–Crippen MR) is 67.4 cm³/mol. The van der Waals surface area contributed by atoms with Crippen molar-refractivity contribution in [3.63, 3.8) is 0 Å². The molecule has 4 heteroatoms. The Kier molecular flexibility index (Phi) is 3.17. The highest BCUT2D eigenvalue weighted by Crippen LogP contribution is 2.20. The molecule has 1 aromatic heterocycles. The maximum atomic E-state index is 5.99. The molecule has 2 rings (SSSR count). The van der Waals surface area contributed by atoms with Crippen LogP contribution in [-0.4, -0.2) is 11.2 Å². The fraction of sp³-hybridized carbons (Fsp3) is 0. The maximum absolute atomic E-state index is 5.99. The zero-order valence-corrected chi connectivity index (χ0v) is 9.22. The Bertz CT molecular complexity index is 476. The van der Waals surface area contributed by atoms with Gasteiger partial charge in [-0.3, -0.25) is 9.98 Å². The number of nitrogens with zero attached hydrogens (tertiary/aromatic N) is 2. The topological polar surface area (TPSA) is 51.3 Å². The van der Waals surface area contributed by atoms with E-state index >= 15 is 0 Å². The fourth-order valence-corrected chi connectivity index (χ4v) is 1.41. The summed E-state index contributed by atoms with van der Waals surface area (Å²) in [6.07, 6.45) is 4.92. The summed E-state index contributed by atoms with van der Waals surface area (Å²) in [5.41, 5.74) is 7.83. The van der Waals surface area contributed by atoms with Gasteiger partial charge in [0.05, 0.1) is 11.9 Å². The minimum atomic E-state index is 0.596. The average Bonchev–Trinajstić information content (AvgIpc) is 2.30. The predicted octanol–water partition coefficient (Wildman–Crippen LogP) is 3.07. The van der Waals surface area contributed by atoms with Crippen LogP contribution >= 0.6 is 11.6 Å². The summed E-state index contributed by atoms with van der Waals surface area (Å²) >= 11 is 5.99. The van der Waals surface area contributed by atoms with E-state index in [-0.39, 0.29) is 0 Å². The van der Waals surface area contributed by atoms with Crippen molar-refractivity contribution in [2.75, 3.05) is 5.73 Å². The first-order valence-corrected chi connectivity index (χ1v) is 5.13. The molecule has 0 aliphatic heterocycles. The molecule has 0 aliphatic rings. The van der Waals surface area contributed by atoms with Crippen LogP contribution in [-0.2, 0) is 0 Å². The van der Waals surface area contributed by atoms with Gasteiger partial charge in [0.2, 0.25) is 0 Å². The van der Waals surface area contributed by atoms with Gasteiger partial charge in [0.15, 0.2) is 0 Å². The van der Waals surface area contributed by atoms with Crippen LogP contribution in [0.5, 0.6) is 0 Å². The number of aromatic nitrogens is 1. The number of hydrogen-bond donors (Lipinski definition) is 1. The lowest BCUT2D eigenvalue weighted by molar-refractivity contribution is 1.31. The molecule has 80 valence electrons. The number of nitrogens with two attached hydrogens (primary N) is 1. The van der Waals surface area contributed by atoms with Gasteiger partial charge in [-0.05, 0) is 12.1 Å². The van der Waals surface area contributed by atoms with E-state index in [0.717, 1.165) is 5.56 Å². The van der Waals surface area contributed by atoms with Crippen LogP contribution in [0.15, 0.2) is 47.7 Å². The molecule has 0 amide bonds. The van der Waals surface area contributed by atoms with E-state index in [1.807, 2.05) is 24.3 Å². The highest BCUT2D eigenvalue weighted by atomic mass is 35.5. The second-order valence-electron chi connectivity index (χ2n) is 3.21. The number of halogens is 1. The summed E-state index contributed by atoms with van der Waals surface area (Å²) in [4.78, 5) is 8.19. The molecule has 0 radical (unpaired) electrons. The van der Waals surface area contributed by atoms with Crippen molar-refractivity contribution in [2.45, 2.75) is 0 Å². The van der Waals surface area contributed by atoms with Crippen molar-refractivity contribution >= 4 is 29.2 Å². The first-order valence-electron chi connectivity index (χ1n) is 4.75. The molecule has 3 nitrogen and oxygen atoms in total. The van der Waals surface area contributed by atoms with Gasteiger partial charge in [-0.1, -0.05) is 29.8 Å². The second-order valence-corrected chi connectivity index (χ2v) is 3.62. The van der Waals surface area contributed by atoms with Gasteiger partial charge in [0, 0.05) is 23.0 Å². The zero-order chi connectivity index (χ0) is 11.4. The average molecular weight is 232 g/mol. The number of hydrogen-bond acceptors (Lipinski definition) is 3. The third-order valence-corrected chi connectivity index (χ3v) is 2.42. The molecule has 16 heavy (non-hydrogen) atoms. The van der Waals surface area contributed by atoms with Crippen LogP contribution in [0.1, 0.15) is 5.56 Å². The first-order chi connectivity index (χ1) is 7.77. The van der Waals surface area contributed by atoms with Crippen LogP contribution in [0.3, 0.4) is 0 Å². The quantitative estimate of drug-likeness (QED) is 0.808. The molecule has 2 N–H and O–H groups in total. The van der Waals surface area contributed by atoms with Crippen molar-refractivity contribution in [3.05, 3.63) is 53.3 Å². The fourth-order valence-electron chi connectivity index (χ4n) is 1.22. The van der Waals surface area contributed by atoms with Crippen LogP contribution in [0.4, 0.5) is 11.4 Å². The monoisotopic (exact) mass is 231 g/mol. The molecule has 1 aromatic carbocycles. The summed E-state index contributed by atoms with van der Waals surface area (Å²) in [5.74, 6) is 0. The standard InChI is InChI=1S/C12H10ClN3/c13-10-4-2-1-3-9(10)7-16-12-8-15-6-5-11(12)14/h1-8H,(H2,14,15). The molecule has 0 aliphatic carbocycles. The number of anilines is 1. The third kappa shape index (κ3) is 2.38. The Morgan fingerprint density at radius 3 is 2.81 bits per heavy atom. The molecule has 1 heterocycles.